The van der Waals surface area contributed by atoms with E-state index in [1.807, 2.05) is 0 Å². The van der Waals surface area contributed by atoms with Gasteiger partial charge in [0.05, 0.1) is 0 Å². The number of nitrogens with zero attached hydrogens (tertiary/aromatic N) is 1. The van der Waals surface area contributed by atoms with Gasteiger partial charge in [0.1, 0.15) is 0 Å². The van der Waals surface area contributed by atoms with Crippen LogP contribution in [0, 0.1) is 0 Å². The second kappa shape index (κ2) is 14.9. The molecule has 0 radical (unpaired) electrons. The van der Waals surface area contributed by atoms with Crippen molar-refractivity contribution in [3.8, 4) is 0 Å². The monoisotopic (exact) mass is 347 g/mol. The number of hydrogen-bond donors (Lipinski definition) is 0. The average molecular weight is 348 g/mol. The highest BCUT2D eigenvalue weighted by molar-refractivity contribution is 6.12. The van der Waals surface area contributed by atoms with Crippen LogP contribution < -0.4 is 0 Å². The molecule has 142 valence electrons. The molecule has 0 aromatic carbocycles. The summed E-state index contributed by atoms with van der Waals surface area (Å²) in [6, 6.07) is 0. The first kappa shape index (κ1) is 21.7. The van der Waals surface area contributed by atoms with Crippen molar-refractivity contribution in [3.05, 3.63) is 24.3 Å². The van der Waals surface area contributed by atoms with Crippen molar-refractivity contribution in [2.24, 2.45) is 0 Å². The van der Waals surface area contributed by atoms with Crippen LogP contribution in [0.3, 0.4) is 0 Å². The Morgan fingerprint density at radius 1 is 0.680 bits per heavy atom. The first-order valence-corrected chi connectivity index (χ1v) is 10.4. The van der Waals surface area contributed by atoms with Crippen LogP contribution in [0.5, 0.6) is 0 Å². The van der Waals surface area contributed by atoms with Gasteiger partial charge in [0.2, 0.25) is 0 Å². The molecule has 0 bridgehead atoms. The molecule has 0 spiro atoms. The third-order valence-electron chi connectivity index (χ3n) is 4.79. The standard InChI is InChI=1S/C22H37NO2/c1-2-3-4-5-6-7-8-9-10-11-12-13-14-15-16-17-20-23-21(24)18-19-22(23)25/h9-10,18-19H,2-8,11-17,20H2,1H3/b10-9+. The molecule has 1 rings (SSSR count). The fraction of sp³-hybridized carbons (Fsp3) is 0.727. The number of carbonyl (C=O) groups excluding carboxylic acids is 2. The summed E-state index contributed by atoms with van der Waals surface area (Å²) in [5, 5.41) is 0. The quantitative estimate of drug-likeness (QED) is 0.196. The molecular weight excluding hydrogens is 310 g/mol. The minimum Gasteiger partial charge on any atom is -0.275 e. The van der Waals surface area contributed by atoms with Crippen LogP contribution in [0.15, 0.2) is 24.3 Å². The summed E-state index contributed by atoms with van der Waals surface area (Å²) in [4.78, 5) is 24.1. The van der Waals surface area contributed by atoms with E-state index in [2.05, 4.69) is 19.1 Å². The van der Waals surface area contributed by atoms with Crippen molar-refractivity contribution >= 4 is 11.8 Å². The summed E-state index contributed by atoms with van der Waals surface area (Å²) in [6.07, 6.45) is 25.2. The van der Waals surface area contributed by atoms with Gasteiger partial charge in [-0.3, -0.25) is 14.5 Å². The number of unbranched alkanes of at least 4 members (excludes halogenated alkanes) is 12. The van der Waals surface area contributed by atoms with Crippen molar-refractivity contribution in [1.29, 1.82) is 0 Å². The molecule has 3 heteroatoms. The van der Waals surface area contributed by atoms with Gasteiger partial charge in [-0.2, -0.15) is 0 Å². The van der Waals surface area contributed by atoms with E-state index in [0.29, 0.717) is 6.54 Å². The third-order valence-corrected chi connectivity index (χ3v) is 4.79. The van der Waals surface area contributed by atoms with E-state index in [1.54, 1.807) is 0 Å². The number of imide groups is 1. The van der Waals surface area contributed by atoms with Crippen LogP contribution in [-0.4, -0.2) is 23.3 Å². The van der Waals surface area contributed by atoms with Gasteiger partial charge in [0.15, 0.2) is 0 Å². The Balaban J connectivity index is 1.79. The summed E-state index contributed by atoms with van der Waals surface area (Å²) in [5.74, 6) is -0.310. The SMILES string of the molecule is CCCCCCCC/C=C/CCCCCCCCN1C(=O)C=CC1=O. The van der Waals surface area contributed by atoms with Crippen molar-refractivity contribution in [3.63, 3.8) is 0 Å². The Bertz CT molecular complexity index is 408. The van der Waals surface area contributed by atoms with E-state index in [9.17, 15) is 9.59 Å². The van der Waals surface area contributed by atoms with E-state index < -0.39 is 0 Å². The number of rotatable bonds is 16. The van der Waals surface area contributed by atoms with E-state index in [-0.39, 0.29) is 11.8 Å². The number of amides is 2. The molecule has 0 unspecified atom stereocenters. The number of hydrogen-bond acceptors (Lipinski definition) is 2. The molecule has 0 N–H and O–H groups in total. The average Bonchev–Trinajstić information content (AvgIpc) is 2.93. The maximum atomic E-state index is 11.4. The Labute approximate surface area is 154 Å². The van der Waals surface area contributed by atoms with Crippen molar-refractivity contribution < 1.29 is 9.59 Å². The second-order valence-corrected chi connectivity index (χ2v) is 7.10. The van der Waals surface area contributed by atoms with E-state index in [1.165, 1.54) is 94.1 Å². The lowest BCUT2D eigenvalue weighted by atomic mass is 10.1. The molecule has 1 heterocycles. The lowest BCUT2D eigenvalue weighted by Gasteiger charge is -2.12. The lowest BCUT2D eigenvalue weighted by Crippen LogP contribution is -2.30. The largest absolute Gasteiger partial charge is 0.275 e. The zero-order valence-electron chi connectivity index (χ0n) is 16.2. The molecule has 2 amide bonds. The molecule has 0 aromatic heterocycles. The first-order valence-electron chi connectivity index (χ1n) is 10.4. The third kappa shape index (κ3) is 11.0. The minimum absolute atomic E-state index is 0.155. The Hall–Kier alpha value is -1.38. The molecular formula is C22H37NO2. The van der Waals surface area contributed by atoms with Crippen LogP contribution in [0.1, 0.15) is 96.8 Å². The topological polar surface area (TPSA) is 37.4 Å². The Kier molecular flexibility index (Phi) is 12.9. The van der Waals surface area contributed by atoms with Crippen molar-refractivity contribution in [1.82, 2.24) is 4.90 Å². The predicted molar refractivity (Wildman–Crippen MR) is 105 cm³/mol. The van der Waals surface area contributed by atoms with Gasteiger partial charge >= 0.3 is 0 Å². The summed E-state index contributed by atoms with van der Waals surface area (Å²) < 4.78 is 0. The van der Waals surface area contributed by atoms with E-state index in [0.717, 1.165) is 12.8 Å². The smallest absolute Gasteiger partial charge is 0.253 e. The second-order valence-electron chi connectivity index (χ2n) is 7.10. The summed E-state index contributed by atoms with van der Waals surface area (Å²) in [7, 11) is 0. The molecule has 0 aromatic rings. The fourth-order valence-corrected chi connectivity index (χ4v) is 3.17. The van der Waals surface area contributed by atoms with Gasteiger partial charge in [-0.25, -0.2) is 0 Å². The fourth-order valence-electron chi connectivity index (χ4n) is 3.17. The van der Waals surface area contributed by atoms with Gasteiger partial charge in [-0.05, 0) is 32.1 Å². The maximum Gasteiger partial charge on any atom is 0.253 e. The van der Waals surface area contributed by atoms with Crippen LogP contribution >= 0.6 is 0 Å². The van der Waals surface area contributed by atoms with Gasteiger partial charge in [0, 0.05) is 18.7 Å². The zero-order chi connectivity index (χ0) is 18.2. The lowest BCUT2D eigenvalue weighted by molar-refractivity contribution is -0.136. The molecule has 0 fully saturated rings. The van der Waals surface area contributed by atoms with Crippen LogP contribution in [0.4, 0.5) is 0 Å². The molecule has 0 aliphatic carbocycles. The predicted octanol–water partition coefficient (Wildman–Crippen LogP) is 5.95. The number of allylic oxidation sites excluding steroid dienone is 2. The zero-order valence-corrected chi connectivity index (χ0v) is 16.2. The van der Waals surface area contributed by atoms with Gasteiger partial charge < -0.3 is 0 Å². The van der Waals surface area contributed by atoms with Gasteiger partial charge in [-0.15, -0.1) is 0 Å². The van der Waals surface area contributed by atoms with Crippen molar-refractivity contribution in [2.75, 3.05) is 6.54 Å². The maximum absolute atomic E-state index is 11.4. The molecule has 25 heavy (non-hydrogen) atoms. The van der Waals surface area contributed by atoms with E-state index >= 15 is 0 Å². The minimum atomic E-state index is -0.155. The summed E-state index contributed by atoms with van der Waals surface area (Å²) in [5.41, 5.74) is 0. The highest BCUT2D eigenvalue weighted by Gasteiger charge is 2.21. The van der Waals surface area contributed by atoms with Gasteiger partial charge in [-0.1, -0.05) is 76.9 Å². The molecule has 3 nitrogen and oxygen atoms in total. The normalized spacial score (nSPS) is 14.4. The van der Waals surface area contributed by atoms with Crippen molar-refractivity contribution in [2.45, 2.75) is 96.8 Å². The highest BCUT2D eigenvalue weighted by Crippen LogP contribution is 2.11. The first-order chi connectivity index (χ1) is 12.3. The summed E-state index contributed by atoms with van der Waals surface area (Å²) in [6.45, 7) is 2.84. The molecule has 1 aliphatic rings. The summed E-state index contributed by atoms with van der Waals surface area (Å²) >= 11 is 0. The van der Waals surface area contributed by atoms with Crippen LogP contribution in [0.2, 0.25) is 0 Å². The van der Waals surface area contributed by atoms with Crippen LogP contribution in [0.25, 0.3) is 0 Å². The Morgan fingerprint density at radius 3 is 1.64 bits per heavy atom. The molecule has 0 atom stereocenters. The van der Waals surface area contributed by atoms with Gasteiger partial charge in [0.25, 0.3) is 11.8 Å². The number of carbonyl (C=O) groups is 2. The molecule has 1 aliphatic heterocycles. The van der Waals surface area contributed by atoms with E-state index in [4.69, 9.17) is 0 Å². The molecule has 0 saturated carbocycles. The van der Waals surface area contributed by atoms with Crippen LogP contribution in [-0.2, 0) is 9.59 Å². The highest BCUT2D eigenvalue weighted by atomic mass is 16.2. The Morgan fingerprint density at radius 2 is 1.12 bits per heavy atom. The molecule has 0 saturated heterocycles.